The molecule has 0 aromatic rings. The summed E-state index contributed by atoms with van der Waals surface area (Å²) in [5.74, 6) is -2.40. The Labute approximate surface area is 175 Å². The van der Waals surface area contributed by atoms with E-state index in [-0.39, 0.29) is 17.6 Å². The van der Waals surface area contributed by atoms with Crippen molar-refractivity contribution in [3.63, 3.8) is 0 Å². The van der Waals surface area contributed by atoms with Crippen LogP contribution in [0.4, 0.5) is 0 Å². The Kier molecular flexibility index (Phi) is 8.14. The molecular weight excluding hydrogens is 392 g/mol. The molecule has 0 bridgehead atoms. The van der Waals surface area contributed by atoms with E-state index in [4.69, 9.17) is 19.3 Å². The summed E-state index contributed by atoms with van der Waals surface area (Å²) in [7, 11) is 0. The van der Waals surface area contributed by atoms with Gasteiger partial charge in [-0.05, 0) is 32.1 Å². The first-order valence-corrected chi connectivity index (χ1v) is 9.69. The molecule has 0 aromatic carbocycles. The van der Waals surface area contributed by atoms with Gasteiger partial charge in [0.05, 0.1) is 24.7 Å². The van der Waals surface area contributed by atoms with Gasteiger partial charge in [0.1, 0.15) is 18.3 Å². The molecule has 2 aliphatic rings. The minimum absolute atomic E-state index is 0.0897. The lowest BCUT2D eigenvalue weighted by Crippen LogP contribution is -2.34. The summed E-state index contributed by atoms with van der Waals surface area (Å²) in [4.78, 5) is 36.2. The summed E-state index contributed by atoms with van der Waals surface area (Å²) in [6.07, 6.45) is 3.37. The SMILES string of the molecule is C=C1C(=O)O[C@@H]2/C=C(\C)C[C@@H](OC(C)=O)/C=C(\C)C[C@@H](OC(=O)/C(=C/CO)CO)[C@@H]12. The van der Waals surface area contributed by atoms with Crippen LogP contribution in [-0.4, -0.2) is 59.6 Å². The molecule has 4 atom stereocenters. The maximum Gasteiger partial charge on any atom is 0.336 e. The number of aliphatic hydroxyl groups excluding tert-OH is 2. The average Bonchev–Trinajstić information content (AvgIpc) is 2.91. The van der Waals surface area contributed by atoms with Gasteiger partial charge in [0.15, 0.2) is 0 Å². The van der Waals surface area contributed by atoms with E-state index in [2.05, 4.69) is 6.58 Å². The van der Waals surface area contributed by atoms with Crippen molar-refractivity contribution in [3.05, 3.63) is 47.1 Å². The van der Waals surface area contributed by atoms with Crippen LogP contribution >= 0.6 is 0 Å². The largest absolute Gasteiger partial charge is 0.458 e. The van der Waals surface area contributed by atoms with Crippen LogP contribution in [0.2, 0.25) is 0 Å². The maximum absolute atomic E-state index is 12.5. The summed E-state index contributed by atoms with van der Waals surface area (Å²) in [6, 6.07) is 0. The highest BCUT2D eigenvalue weighted by atomic mass is 16.6. The van der Waals surface area contributed by atoms with E-state index in [1.807, 2.05) is 13.8 Å². The number of esters is 3. The van der Waals surface area contributed by atoms with Gasteiger partial charge < -0.3 is 24.4 Å². The first kappa shape index (κ1) is 23.6. The molecule has 2 N–H and O–H groups in total. The normalized spacial score (nSPS) is 30.9. The lowest BCUT2D eigenvalue weighted by Gasteiger charge is -2.28. The predicted octanol–water partition coefficient (Wildman–Crippen LogP) is 1.53. The van der Waals surface area contributed by atoms with Gasteiger partial charge in [-0.25, -0.2) is 9.59 Å². The molecule has 1 fully saturated rings. The summed E-state index contributed by atoms with van der Waals surface area (Å²) >= 11 is 0. The molecule has 1 heterocycles. The lowest BCUT2D eigenvalue weighted by atomic mass is 9.85. The topological polar surface area (TPSA) is 119 Å². The fourth-order valence-corrected chi connectivity index (χ4v) is 3.67. The zero-order valence-electron chi connectivity index (χ0n) is 17.4. The average molecular weight is 420 g/mol. The fraction of sp³-hybridized carbons (Fsp3) is 0.500. The van der Waals surface area contributed by atoms with Crippen LogP contribution in [0.15, 0.2) is 47.1 Å². The molecule has 2 rings (SSSR count). The Bertz CT molecular complexity index is 804. The van der Waals surface area contributed by atoms with E-state index in [0.717, 1.165) is 17.2 Å². The maximum atomic E-state index is 12.5. The molecule has 0 amide bonds. The number of aliphatic hydroxyl groups is 2. The number of ether oxygens (including phenoxy) is 3. The number of hydrogen-bond donors (Lipinski definition) is 2. The van der Waals surface area contributed by atoms with Crippen molar-refractivity contribution in [1.29, 1.82) is 0 Å². The lowest BCUT2D eigenvalue weighted by molar-refractivity contribution is -0.147. The third-order valence-corrected chi connectivity index (χ3v) is 4.97. The van der Waals surface area contributed by atoms with E-state index in [9.17, 15) is 19.5 Å². The second kappa shape index (κ2) is 10.4. The quantitative estimate of drug-likeness (QED) is 0.297. The minimum Gasteiger partial charge on any atom is -0.458 e. The van der Waals surface area contributed by atoms with E-state index in [1.54, 1.807) is 12.2 Å². The third-order valence-electron chi connectivity index (χ3n) is 4.97. The second-order valence-electron chi connectivity index (χ2n) is 7.52. The van der Waals surface area contributed by atoms with Crippen LogP contribution in [-0.2, 0) is 28.6 Å². The molecule has 164 valence electrons. The Balaban J connectivity index is 2.43. The van der Waals surface area contributed by atoms with Crippen LogP contribution in [0.1, 0.15) is 33.6 Å². The molecule has 30 heavy (non-hydrogen) atoms. The molecule has 8 heteroatoms. The number of fused-ring (bicyclic) bond motifs is 1. The summed E-state index contributed by atoms with van der Waals surface area (Å²) in [6.45, 7) is 7.77. The highest BCUT2D eigenvalue weighted by molar-refractivity contribution is 5.92. The van der Waals surface area contributed by atoms with Gasteiger partial charge in [-0.15, -0.1) is 0 Å². The third kappa shape index (κ3) is 5.90. The van der Waals surface area contributed by atoms with Crippen molar-refractivity contribution in [2.45, 2.75) is 51.9 Å². The van der Waals surface area contributed by atoms with E-state index < -0.39 is 55.4 Å². The zero-order chi connectivity index (χ0) is 22.4. The van der Waals surface area contributed by atoms with Gasteiger partial charge in [0, 0.05) is 25.3 Å². The van der Waals surface area contributed by atoms with Crippen LogP contribution in [0, 0.1) is 5.92 Å². The van der Waals surface area contributed by atoms with Crippen molar-refractivity contribution in [2.24, 2.45) is 5.92 Å². The van der Waals surface area contributed by atoms with Crippen molar-refractivity contribution >= 4 is 17.9 Å². The van der Waals surface area contributed by atoms with Crippen LogP contribution < -0.4 is 0 Å². The molecule has 0 aromatic heterocycles. The first-order chi connectivity index (χ1) is 14.2. The van der Waals surface area contributed by atoms with E-state index in [1.165, 1.54) is 6.92 Å². The van der Waals surface area contributed by atoms with Gasteiger partial charge in [-0.3, -0.25) is 4.79 Å². The van der Waals surface area contributed by atoms with Crippen LogP contribution in [0.5, 0.6) is 0 Å². The number of rotatable bonds is 5. The Morgan fingerprint density at radius 2 is 1.87 bits per heavy atom. The first-order valence-electron chi connectivity index (χ1n) is 9.69. The van der Waals surface area contributed by atoms with E-state index in [0.29, 0.717) is 6.42 Å². The van der Waals surface area contributed by atoms with Crippen molar-refractivity contribution < 1.29 is 38.8 Å². The fourth-order valence-electron chi connectivity index (χ4n) is 3.67. The van der Waals surface area contributed by atoms with Crippen molar-refractivity contribution in [1.82, 2.24) is 0 Å². The molecule has 8 nitrogen and oxygen atoms in total. The standard InChI is InChI=1S/C22H28O8/c1-12-7-17(28-15(4)25)8-13(2)10-19(30-22(27)16(11-24)5-6-23)20-14(3)21(26)29-18(20)9-12/h5,8-9,17-20,23-24H,3,6-7,10-11H2,1-2,4H3/b12-9+,13-8+,16-5+/t17-,18-,19-,20+/m1/s1. The summed E-state index contributed by atoms with van der Waals surface area (Å²) in [5.41, 5.74) is 1.74. The molecular formula is C22H28O8. The molecule has 1 aliphatic heterocycles. The number of carbonyl (C=O) groups excluding carboxylic acids is 3. The Hall–Kier alpha value is -2.71. The van der Waals surface area contributed by atoms with E-state index >= 15 is 0 Å². The predicted molar refractivity (Wildman–Crippen MR) is 107 cm³/mol. The van der Waals surface area contributed by atoms with Gasteiger partial charge in [0.2, 0.25) is 0 Å². The molecule has 0 saturated carbocycles. The Morgan fingerprint density at radius 3 is 2.47 bits per heavy atom. The molecule has 0 spiro atoms. The van der Waals surface area contributed by atoms with Crippen LogP contribution in [0.25, 0.3) is 0 Å². The second-order valence-corrected chi connectivity index (χ2v) is 7.52. The van der Waals surface area contributed by atoms with Crippen molar-refractivity contribution in [2.75, 3.05) is 13.2 Å². The Morgan fingerprint density at radius 1 is 1.20 bits per heavy atom. The molecule has 1 aliphatic carbocycles. The van der Waals surface area contributed by atoms with Gasteiger partial charge >= 0.3 is 17.9 Å². The number of hydrogen-bond acceptors (Lipinski definition) is 8. The molecule has 0 unspecified atom stereocenters. The molecule has 0 radical (unpaired) electrons. The minimum atomic E-state index is -0.813. The monoisotopic (exact) mass is 420 g/mol. The highest BCUT2D eigenvalue weighted by Gasteiger charge is 2.44. The van der Waals surface area contributed by atoms with Crippen molar-refractivity contribution in [3.8, 4) is 0 Å². The zero-order valence-corrected chi connectivity index (χ0v) is 17.4. The summed E-state index contributed by atoms with van der Waals surface area (Å²) < 4.78 is 16.4. The summed E-state index contributed by atoms with van der Waals surface area (Å²) in [5, 5.41) is 18.4. The van der Waals surface area contributed by atoms with Gasteiger partial charge in [-0.1, -0.05) is 17.7 Å². The van der Waals surface area contributed by atoms with Gasteiger partial charge in [0.25, 0.3) is 0 Å². The number of carbonyl (C=O) groups is 3. The highest BCUT2D eigenvalue weighted by Crippen LogP contribution is 2.36. The van der Waals surface area contributed by atoms with Crippen LogP contribution in [0.3, 0.4) is 0 Å². The smallest absolute Gasteiger partial charge is 0.336 e. The van der Waals surface area contributed by atoms with Gasteiger partial charge in [-0.2, -0.15) is 0 Å². The molecule has 1 saturated heterocycles.